The Hall–Kier alpha value is -0.570. The number of rotatable bonds is 7. The third-order valence-corrected chi connectivity index (χ3v) is 4.24. The summed E-state index contributed by atoms with van der Waals surface area (Å²) in [5.74, 6) is 0.792. The zero-order valence-electron chi connectivity index (χ0n) is 12.1. The minimum atomic E-state index is -0.685. The molecule has 0 aromatic rings. The maximum absolute atomic E-state index is 11.2. The Labute approximate surface area is 111 Å². The minimum Gasteiger partial charge on any atom is -0.480 e. The van der Waals surface area contributed by atoms with Crippen molar-refractivity contribution >= 4 is 5.97 Å². The van der Waals surface area contributed by atoms with E-state index < -0.39 is 5.97 Å². The zero-order valence-corrected chi connectivity index (χ0v) is 12.1. The molecule has 1 aliphatic carbocycles. The van der Waals surface area contributed by atoms with E-state index in [9.17, 15) is 9.90 Å². The molecule has 1 rings (SSSR count). The largest absolute Gasteiger partial charge is 0.480 e. The molecule has 3 atom stereocenters. The number of carboxylic acids is 1. The van der Waals surface area contributed by atoms with Crippen LogP contribution in [0, 0.1) is 11.8 Å². The molecule has 106 valence electrons. The maximum Gasteiger partial charge on any atom is 0.320 e. The second kappa shape index (κ2) is 7.78. The van der Waals surface area contributed by atoms with E-state index in [2.05, 4.69) is 26.1 Å². The first-order valence-corrected chi connectivity index (χ1v) is 7.53. The van der Waals surface area contributed by atoms with Crippen LogP contribution in [0.15, 0.2) is 0 Å². The Morgan fingerprint density at radius 3 is 2.67 bits per heavy atom. The standard InChI is InChI=1S/C15H29NO2/c1-4-5-9-14(15(17)18)16-13-8-6-7-12(10-13)11(2)3/h11-14,16H,4-10H2,1-3H3,(H,17,18)/t12?,13?,14-/m0/s1. The van der Waals surface area contributed by atoms with Gasteiger partial charge in [0.1, 0.15) is 6.04 Å². The topological polar surface area (TPSA) is 49.3 Å². The molecule has 18 heavy (non-hydrogen) atoms. The van der Waals surface area contributed by atoms with Crippen molar-refractivity contribution in [3.63, 3.8) is 0 Å². The van der Waals surface area contributed by atoms with Crippen molar-refractivity contribution in [1.29, 1.82) is 0 Å². The average molecular weight is 255 g/mol. The predicted octanol–water partition coefficient (Wildman–Crippen LogP) is 3.43. The minimum absolute atomic E-state index is 0.346. The summed E-state index contributed by atoms with van der Waals surface area (Å²) in [5.41, 5.74) is 0. The molecule has 1 saturated carbocycles. The van der Waals surface area contributed by atoms with Crippen LogP contribution in [0.1, 0.15) is 65.7 Å². The van der Waals surface area contributed by atoms with E-state index in [0.717, 1.165) is 38.0 Å². The molecule has 0 amide bonds. The Kier molecular flexibility index (Phi) is 6.69. The fraction of sp³-hybridized carbons (Fsp3) is 0.933. The first kappa shape index (κ1) is 15.5. The molecule has 3 heteroatoms. The van der Waals surface area contributed by atoms with Crippen molar-refractivity contribution in [2.75, 3.05) is 0 Å². The van der Waals surface area contributed by atoms with Gasteiger partial charge in [0.15, 0.2) is 0 Å². The lowest BCUT2D eigenvalue weighted by atomic mass is 9.79. The van der Waals surface area contributed by atoms with Gasteiger partial charge in [-0.2, -0.15) is 0 Å². The first-order valence-electron chi connectivity index (χ1n) is 7.53. The molecule has 0 aromatic carbocycles. The second-order valence-electron chi connectivity index (χ2n) is 6.07. The van der Waals surface area contributed by atoms with Gasteiger partial charge in [0.05, 0.1) is 0 Å². The fourth-order valence-corrected chi connectivity index (χ4v) is 2.96. The number of aliphatic carboxylic acids is 1. The van der Waals surface area contributed by atoms with Gasteiger partial charge < -0.3 is 10.4 Å². The van der Waals surface area contributed by atoms with E-state index in [0.29, 0.717) is 12.0 Å². The molecule has 1 aliphatic rings. The first-order chi connectivity index (χ1) is 8.54. The SMILES string of the molecule is CCCC[C@H](NC1CCCC(C(C)C)C1)C(=O)O. The number of carboxylic acid groups (broad SMARTS) is 1. The number of carbonyl (C=O) groups is 1. The normalized spacial score (nSPS) is 26.2. The monoisotopic (exact) mass is 255 g/mol. The highest BCUT2D eigenvalue weighted by Gasteiger charge is 2.27. The Morgan fingerprint density at radius 1 is 1.39 bits per heavy atom. The Bertz CT molecular complexity index is 253. The van der Waals surface area contributed by atoms with Gasteiger partial charge in [0.25, 0.3) is 0 Å². The van der Waals surface area contributed by atoms with Gasteiger partial charge in [0, 0.05) is 6.04 Å². The molecule has 1 fully saturated rings. The molecular weight excluding hydrogens is 226 g/mol. The Balaban J connectivity index is 2.45. The molecule has 0 aromatic heterocycles. The molecule has 0 aliphatic heterocycles. The van der Waals surface area contributed by atoms with Crippen molar-refractivity contribution in [2.45, 2.75) is 77.8 Å². The highest BCUT2D eigenvalue weighted by Crippen LogP contribution is 2.30. The summed E-state index contributed by atoms with van der Waals surface area (Å²) in [6.07, 6.45) is 7.64. The quantitative estimate of drug-likeness (QED) is 0.732. The summed E-state index contributed by atoms with van der Waals surface area (Å²) in [7, 11) is 0. The van der Waals surface area contributed by atoms with Gasteiger partial charge >= 0.3 is 5.97 Å². The zero-order chi connectivity index (χ0) is 13.5. The highest BCUT2D eigenvalue weighted by molar-refractivity contribution is 5.73. The lowest BCUT2D eigenvalue weighted by Crippen LogP contribution is -2.45. The van der Waals surface area contributed by atoms with E-state index in [1.807, 2.05) is 0 Å². The molecule has 0 heterocycles. The van der Waals surface area contributed by atoms with Crippen LogP contribution in [0.25, 0.3) is 0 Å². The van der Waals surface area contributed by atoms with Gasteiger partial charge in [-0.1, -0.05) is 46.5 Å². The average Bonchev–Trinajstić information content (AvgIpc) is 2.34. The second-order valence-corrected chi connectivity index (χ2v) is 6.07. The van der Waals surface area contributed by atoms with E-state index in [1.54, 1.807) is 0 Å². The summed E-state index contributed by atoms with van der Waals surface area (Å²) in [5, 5.41) is 12.6. The smallest absolute Gasteiger partial charge is 0.320 e. The van der Waals surface area contributed by atoms with Crippen molar-refractivity contribution in [3.8, 4) is 0 Å². The summed E-state index contributed by atoms with van der Waals surface area (Å²) in [6, 6.07) is 0.0602. The van der Waals surface area contributed by atoms with E-state index in [-0.39, 0.29) is 6.04 Å². The van der Waals surface area contributed by atoms with Gasteiger partial charge in [0.2, 0.25) is 0 Å². The van der Waals surface area contributed by atoms with E-state index in [1.165, 1.54) is 12.8 Å². The molecule has 0 radical (unpaired) electrons. The van der Waals surface area contributed by atoms with Gasteiger partial charge in [-0.15, -0.1) is 0 Å². The number of hydrogen-bond acceptors (Lipinski definition) is 2. The van der Waals surface area contributed by atoms with E-state index in [4.69, 9.17) is 0 Å². The number of nitrogens with one attached hydrogen (secondary N) is 1. The summed E-state index contributed by atoms with van der Waals surface area (Å²) < 4.78 is 0. The number of unbranched alkanes of at least 4 members (excludes halogenated alkanes) is 1. The van der Waals surface area contributed by atoms with Gasteiger partial charge in [-0.05, 0) is 31.1 Å². The van der Waals surface area contributed by atoms with Crippen molar-refractivity contribution < 1.29 is 9.90 Å². The Morgan fingerprint density at radius 2 is 2.11 bits per heavy atom. The summed E-state index contributed by atoms with van der Waals surface area (Å²) in [4.78, 5) is 11.2. The van der Waals surface area contributed by atoms with Crippen molar-refractivity contribution in [3.05, 3.63) is 0 Å². The molecular formula is C15H29NO2. The van der Waals surface area contributed by atoms with Crippen molar-refractivity contribution in [2.24, 2.45) is 11.8 Å². The molecule has 0 saturated heterocycles. The lowest BCUT2D eigenvalue weighted by molar-refractivity contribution is -0.140. The maximum atomic E-state index is 11.2. The molecule has 3 nitrogen and oxygen atoms in total. The van der Waals surface area contributed by atoms with Crippen LogP contribution in [0.5, 0.6) is 0 Å². The lowest BCUT2D eigenvalue weighted by Gasteiger charge is -2.33. The van der Waals surface area contributed by atoms with Crippen LogP contribution in [-0.4, -0.2) is 23.2 Å². The van der Waals surface area contributed by atoms with E-state index >= 15 is 0 Å². The molecule has 0 bridgehead atoms. The van der Waals surface area contributed by atoms with Gasteiger partial charge in [-0.25, -0.2) is 0 Å². The van der Waals surface area contributed by atoms with Crippen LogP contribution in [0.3, 0.4) is 0 Å². The van der Waals surface area contributed by atoms with Gasteiger partial charge in [-0.3, -0.25) is 4.79 Å². The highest BCUT2D eigenvalue weighted by atomic mass is 16.4. The summed E-state index contributed by atoms with van der Waals surface area (Å²) in [6.45, 7) is 6.66. The third-order valence-electron chi connectivity index (χ3n) is 4.24. The van der Waals surface area contributed by atoms with Crippen LogP contribution in [0.4, 0.5) is 0 Å². The van der Waals surface area contributed by atoms with Crippen molar-refractivity contribution in [1.82, 2.24) is 5.32 Å². The fourth-order valence-electron chi connectivity index (χ4n) is 2.96. The molecule has 0 spiro atoms. The number of hydrogen-bond donors (Lipinski definition) is 2. The predicted molar refractivity (Wildman–Crippen MR) is 74.7 cm³/mol. The van der Waals surface area contributed by atoms with Crippen LogP contribution >= 0.6 is 0 Å². The van der Waals surface area contributed by atoms with Crippen LogP contribution in [0.2, 0.25) is 0 Å². The summed E-state index contributed by atoms with van der Waals surface area (Å²) >= 11 is 0. The van der Waals surface area contributed by atoms with Crippen LogP contribution in [-0.2, 0) is 4.79 Å². The van der Waals surface area contributed by atoms with Crippen LogP contribution < -0.4 is 5.32 Å². The third kappa shape index (κ3) is 4.97. The molecule has 2 unspecified atom stereocenters. The molecule has 2 N–H and O–H groups in total.